The molecule has 0 bridgehead atoms. The second-order valence-corrected chi connectivity index (χ2v) is 5.59. The Morgan fingerprint density at radius 1 is 1.47 bits per heavy atom. The number of aliphatic hydroxyl groups is 1. The SMILES string of the molecule is O=C(NCC1(O)CCC1)c1ccc(I)c(O)c1. The molecule has 17 heavy (non-hydrogen) atoms. The van der Waals surface area contributed by atoms with E-state index in [2.05, 4.69) is 5.32 Å². The minimum absolute atomic E-state index is 0.0978. The van der Waals surface area contributed by atoms with Gasteiger partial charge in [-0.2, -0.15) is 0 Å². The van der Waals surface area contributed by atoms with Crippen molar-refractivity contribution in [3.63, 3.8) is 0 Å². The lowest BCUT2D eigenvalue weighted by Crippen LogP contribution is -2.47. The number of aromatic hydroxyl groups is 1. The van der Waals surface area contributed by atoms with Gasteiger partial charge in [0.15, 0.2) is 0 Å². The van der Waals surface area contributed by atoms with Gasteiger partial charge in [-0.3, -0.25) is 4.79 Å². The summed E-state index contributed by atoms with van der Waals surface area (Å²) in [7, 11) is 0. The Morgan fingerprint density at radius 3 is 2.71 bits per heavy atom. The lowest BCUT2D eigenvalue weighted by molar-refractivity contribution is -0.0300. The molecule has 0 heterocycles. The van der Waals surface area contributed by atoms with E-state index in [1.54, 1.807) is 12.1 Å². The molecule has 92 valence electrons. The zero-order chi connectivity index (χ0) is 12.5. The van der Waals surface area contributed by atoms with E-state index in [-0.39, 0.29) is 18.2 Å². The molecule has 0 atom stereocenters. The van der Waals surface area contributed by atoms with Crippen LogP contribution in [0.3, 0.4) is 0 Å². The molecule has 0 saturated heterocycles. The number of hydrogen-bond donors (Lipinski definition) is 3. The Hall–Kier alpha value is -0.820. The molecule has 1 amide bonds. The van der Waals surface area contributed by atoms with Gasteiger partial charge in [0.25, 0.3) is 5.91 Å². The first-order valence-corrected chi connectivity index (χ1v) is 6.57. The Morgan fingerprint density at radius 2 is 2.18 bits per heavy atom. The zero-order valence-corrected chi connectivity index (χ0v) is 11.4. The van der Waals surface area contributed by atoms with Crippen LogP contribution in [0.15, 0.2) is 18.2 Å². The number of phenolic OH excluding ortho intramolecular Hbond substituents is 1. The number of halogens is 1. The summed E-state index contributed by atoms with van der Waals surface area (Å²) in [6, 6.07) is 4.77. The van der Waals surface area contributed by atoms with Crippen LogP contribution in [0.1, 0.15) is 29.6 Å². The van der Waals surface area contributed by atoms with Gasteiger partial charge in [-0.15, -0.1) is 0 Å². The fraction of sp³-hybridized carbons (Fsp3) is 0.417. The lowest BCUT2D eigenvalue weighted by Gasteiger charge is -2.36. The highest BCUT2D eigenvalue weighted by Crippen LogP contribution is 2.30. The maximum atomic E-state index is 11.8. The summed E-state index contributed by atoms with van der Waals surface area (Å²) < 4.78 is 0.705. The largest absolute Gasteiger partial charge is 0.507 e. The smallest absolute Gasteiger partial charge is 0.251 e. The highest BCUT2D eigenvalue weighted by Gasteiger charge is 2.34. The van der Waals surface area contributed by atoms with E-state index < -0.39 is 5.60 Å². The van der Waals surface area contributed by atoms with Crippen LogP contribution in [-0.2, 0) is 0 Å². The Labute approximate surface area is 113 Å². The van der Waals surface area contributed by atoms with Crippen molar-refractivity contribution in [3.8, 4) is 5.75 Å². The van der Waals surface area contributed by atoms with Gasteiger partial charge in [0.1, 0.15) is 5.75 Å². The van der Waals surface area contributed by atoms with Crippen LogP contribution in [0.2, 0.25) is 0 Å². The van der Waals surface area contributed by atoms with E-state index in [9.17, 15) is 15.0 Å². The third-order valence-corrected chi connectivity index (χ3v) is 3.98. The van der Waals surface area contributed by atoms with Crippen molar-refractivity contribution in [1.29, 1.82) is 0 Å². The first-order valence-electron chi connectivity index (χ1n) is 5.49. The van der Waals surface area contributed by atoms with Crippen LogP contribution in [0.5, 0.6) is 5.75 Å². The summed E-state index contributed by atoms with van der Waals surface area (Å²) >= 11 is 1.99. The number of rotatable bonds is 3. The Kier molecular flexibility index (Phi) is 3.58. The van der Waals surface area contributed by atoms with Crippen LogP contribution >= 0.6 is 22.6 Å². The van der Waals surface area contributed by atoms with Gasteiger partial charge in [-0.05, 0) is 60.1 Å². The first-order chi connectivity index (χ1) is 8.00. The summed E-state index contributed by atoms with van der Waals surface area (Å²) in [5.41, 5.74) is -0.313. The average molecular weight is 347 g/mol. The number of nitrogens with one attached hydrogen (secondary N) is 1. The summed E-state index contributed by atoms with van der Waals surface area (Å²) in [6.07, 6.45) is 2.49. The second kappa shape index (κ2) is 4.81. The van der Waals surface area contributed by atoms with E-state index in [0.717, 1.165) is 19.3 Å². The predicted molar refractivity (Wildman–Crippen MR) is 72.0 cm³/mol. The maximum Gasteiger partial charge on any atom is 0.251 e. The van der Waals surface area contributed by atoms with Gasteiger partial charge in [0.2, 0.25) is 0 Å². The van der Waals surface area contributed by atoms with Crippen molar-refractivity contribution in [1.82, 2.24) is 5.32 Å². The van der Waals surface area contributed by atoms with Gasteiger partial charge in [-0.25, -0.2) is 0 Å². The quantitative estimate of drug-likeness (QED) is 0.729. The van der Waals surface area contributed by atoms with Crippen molar-refractivity contribution in [2.45, 2.75) is 24.9 Å². The van der Waals surface area contributed by atoms with Crippen molar-refractivity contribution in [2.24, 2.45) is 0 Å². The predicted octanol–water partition coefficient (Wildman–Crippen LogP) is 1.64. The summed E-state index contributed by atoms with van der Waals surface area (Å²) in [5, 5.41) is 22.0. The Bertz CT molecular complexity index is 443. The molecular formula is C12H14INO3. The fourth-order valence-corrected chi connectivity index (χ4v) is 2.10. The van der Waals surface area contributed by atoms with Crippen LogP contribution < -0.4 is 5.32 Å². The van der Waals surface area contributed by atoms with Crippen molar-refractivity contribution >= 4 is 28.5 Å². The van der Waals surface area contributed by atoms with E-state index in [1.807, 2.05) is 22.6 Å². The highest BCUT2D eigenvalue weighted by molar-refractivity contribution is 14.1. The molecule has 1 aromatic carbocycles. The second-order valence-electron chi connectivity index (χ2n) is 4.43. The molecule has 1 aliphatic carbocycles. The zero-order valence-electron chi connectivity index (χ0n) is 9.24. The van der Waals surface area contributed by atoms with Gasteiger partial charge in [-0.1, -0.05) is 0 Å². The van der Waals surface area contributed by atoms with Crippen LogP contribution in [0, 0.1) is 3.57 Å². The summed E-state index contributed by atoms with van der Waals surface area (Å²) in [5.74, 6) is -0.169. The minimum Gasteiger partial charge on any atom is -0.507 e. The third-order valence-electron chi connectivity index (χ3n) is 3.07. The fourth-order valence-electron chi connectivity index (χ4n) is 1.76. The van der Waals surface area contributed by atoms with Gasteiger partial charge in [0.05, 0.1) is 9.17 Å². The highest BCUT2D eigenvalue weighted by atomic mass is 127. The normalized spacial score (nSPS) is 17.3. The summed E-state index contributed by atoms with van der Waals surface area (Å²) in [4.78, 5) is 11.8. The number of carbonyl (C=O) groups is 1. The Balaban J connectivity index is 1.97. The molecular weight excluding hydrogens is 333 g/mol. The van der Waals surface area contributed by atoms with E-state index in [4.69, 9.17) is 0 Å². The number of phenols is 1. The molecule has 1 aliphatic rings. The lowest BCUT2D eigenvalue weighted by atomic mass is 9.80. The molecule has 1 aromatic rings. The van der Waals surface area contributed by atoms with Gasteiger partial charge < -0.3 is 15.5 Å². The molecule has 4 nitrogen and oxygen atoms in total. The molecule has 0 spiro atoms. The molecule has 0 aromatic heterocycles. The van der Waals surface area contributed by atoms with E-state index in [1.165, 1.54) is 6.07 Å². The summed E-state index contributed by atoms with van der Waals surface area (Å²) in [6.45, 7) is 0.276. The number of benzene rings is 1. The van der Waals surface area contributed by atoms with E-state index >= 15 is 0 Å². The topological polar surface area (TPSA) is 69.6 Å². The number of amides is 1. The standard InChI is InChI=1S/C12H14INO3/c13-9-3-2-8(6-10(9)15)11(16)14-7-12(17)4-1-5-12/h2-3,6,15,17H,1,4-5,7H2,(H,14,16). The molecule has 5 heteroatoms. The molecule has 0 unspecified atom stereocenters. The number of carbonyl (C=O) groups excluding carboxylic acids is 1. The molecule has 1 fully saturated rings. The first kappa shape index (κ1) is 12.6. The third kappa shape index (κ3) is 2.90. The van der Waals surface area contributed by atoms with E-state index in [0.29, 0.717) is 9.13 Å². The van der Waals surface area contributed by atoms with Gasteiger partial charge in [0, 0.05) is 12.1 Å². The molecule has 3 N–H and O–H groups in total. The molecule has 1 saturated carbocycles. The molecule has 0 radical (unpaired) electrons. The van der Waals surface area contributed by atoms with Crippen molar-refractivity contribution in [3.05, 3.63) is 27.3 Å². The maximum absolute atomic E-state index is 11.8. The molecule has 0 aliphatic heterocycles. The molecule has 2 rings (SSSR count). The van der Waals surface area contributed by atoms with Crippen LogP contribution in [-0.4, -0.2) is 28.3 Å². The van der Waals surface area contributed by atoms with Crippen molar-refractivity contribution in [2.75, 3.05) is 6.54 Å². The minimum atomic E-state index is -0.721. The van der Waals surface area contributed by atoms with Crippen LogP contribution in [0.4, 0.5) is 0 Å². The van der Waals surface area contributed by atoms with Crippen LogP contribution in [0.25, 0.3) is 0 Å². The average Bonchev–Trinajstić information content (AvgIpc) is 2.27. The monoisotopic (exact) mass is 347 g/mol. The van der Waals surface area contributed by atoms with Gasteiger partial charge >= 0.3 is 0 Å². The van der Waals surface area contributed by atoms with Crippen molar-refractivity contribution < 1.29 is 15.0 Å². The number of hydrogen-bond acceptors (Lipinski definition) is 3.